The van der Waals surface area contributed by atoms with Crippen LogP contribution >= 0.6 is 0 Å². The first kappa shape index (κ1) is 31.2. The zero-order chi connectivity index (χ0) is 26.3. The molecule has 3 unspecified atom stereocenters. The summed E-state index contributed by atoms with van der Waals surface area (Å²) < 4.78 is 0. The van der Waals surface area contributed by atoms with E-state index in [1.807, 2.05) is 0 Å². The smallest absolute Gasteiger partial charge is 0.0154 e. The van der Waals surface area contributed by atoms with Gasteiger partial charge in [0, 0.05) is 0 Å². The summed E-state index contributed by atoms with van der Waals surface area (Å²) in [5.41, 5.74) is 6.97. The van der Waals surface area contributed by atoms with E-state index in [2.05, 4.69) is 104 Å². The van der Waals surface area contributed by atoms with Crippen molar-refractivity contribution in [1.29, 1.82) is 0 Å². The van der Waals surface area contributed by atoms with Crippen LogP contribution in [0.1, 0.15) is 131 Å². The molecular formula is C35H56. The molecule has 0 heteroatoms. The number of hydrogen-bond donors (Lipinski definition) is 0. The second kappa shape index (κ2) is 16.8. The van der Waals surface area contributed by atoms with Crippen LogP contribution in [0.25, 0.3) is 0 Å². The molecule has 0 nitrogen and oxygen atoms in total. The average Bonchev–Trinajstić information content (AvgIpc) is 2.83. The molecule has 1 aromatic rings. The first-order valence-electron chi connectivity index (χ1n) is 14.5. The first-order chi connectivity index (χ1) is 16.7. The zero-order valence-corrected chi connectivity index (χ0v) is 24.4. The molecule has 0 heterocycles. The Morgan fingerprint density at radius 2 is 1.63 bits per heavy atom. The van der Waals surface area contributed by atoms with Crippen molar-refractivity contribution in [3.8, 4) is 0 Å². The molecule has 35 heavy (non-hydrogen) atoms. The minimum atomic E-state index is 0.486. The van der Waals surface area contributed by atoms with Crippen LogP contribution in [0, 0.1) is 11.3 Å². The third kappa shape index (κ3) is 10.8. The van der Waals surface area contributed by atoms with E-state index in [1.54, 1.807) is 5.56 Å². The van der Waals surface area contributed by atoms with Crippen molar-refractivity contribution in [2.45, 2.75) is 125 Å². The largest absolute Gasteiger partial charge is 0.0955 e. The number of rotatable bonds is 12. The Balaban J connectivity index is 0.00000194. The molecule has 1 aliphatic rings. The molecule has 0 amide bonds. The van der Waals surface area contributed by atoms with Gasteiger partial charge in [-0.1, -0.05) is 120 Å². The van der Waals surface area contributed by atoms with Gasteiger partial charge in [0.25, 0.3) is 0 Å². The summed E-state index contributed by atoms with van der Waals surface area (Å²) in [7, 11) is 0. The van der Waals surface area contributed by atoms with Crippen LogP contribution < -0.4 is 0 Å². The topological polar surface area (TPSA) is 0 Å². The average molecular weight is 477 g/mol. The highest BCUT2D eigenvalue weighted by Gasteiger charge is 2.39. The first-order valence-corrected chi connectivity index (χ1v) is 14.5. The van der Waals surface area contributed by atoms with E-state index in [-0.39, 0.29) is 0 Å². The Morgan fingerprint density at radius 3 is 2.17 bits per heavy atom. The normalized spacial score (nSPS) is 22.8. The van der Waals surface area contributed by atoms with Gasteiger partial charge in [0.05, 0.1) is 0 Å². The molecule has 2 rings (SSSR count). The second-order valence-corrected chi connectivity index (χ2v) is 11.2. The molecule has 196 valence electrons. The van der Waals surface area contributed by atoms with Gasteiger partial charge in [-0.25, -0.2) is 0 Å². The van der Waals surface area contributed by atoms with Crippen molar-refractivity contribution < 1.29 is 0 Å². The molecular weight excluding hydrogens is 420 g/mol. The van der Waals surface area contributed by atoms with Gasteiger partial charge in [-0.05, 0) is 99.7 Å². The number of benzene rings is 1. The van der Waals surface area contributed by atoms with E-state index < -0.39 is 0 Å². The minimum Gasteiger partial charge on any atom is -0.0955 e. The predicted molar refractivity (Wildman–Crippen MR) is 160 cm³/mol. The molecule has 0 N–H and O–H groups in total. The summed E-state index contributed by atoms with van der Waals surface area (Å²) in [6.45, 7) is 24.0. The maximum Gasteiger partial charge on any atom is -0.0154 e. The van der Waals surface area contributed by atoms with Crippen LogP contribution in [-0.2, 0) is 0 Å². The van der Waals surface area contributed by atoms with Crippen molar-refractivity contribution in [2.75, 3.05) is 0 Å². The maximum atomic E-state index is 4.47. The fourth-order valence-corrected chi connectivity index (χ4v) is 6.11. The summed E-state index contributed by atoms with van der Waals surface area (Å²) in [4.78, 5) is 0. The molecule has 0 spiro atoms. The SMILES string of the molecule is C=C(C)/C(=C\C(C)=C/C)C(=C)CCCC1(CCC)CC(CCC)CC(c2ccccc2)C1.CCC. The van der Waals surface area contributed by atoms with Crippen LogP contribution in [0.2, 0.25) is 0 Å². The lowest BCUT2D eigenvalue weighted by Crippen LogP contribution is -2.33. The van der Waals surface area contributed by atoms with Crippen LogP contribution in [0.3, 0.4) is 0 Å². The third-order valence-corrected chi connectivity index (χ3v) is 7.62. The Bertz CT molecular complexity index is 806. The highest BCUT2D eigenvalue weighted by molar-refractivity contribution is 5.46. The van der Waals surface area contributed by atoms with E-state index in [1.165, 1.54) is 80.9 Å². The lowest BCUT2D eigenvalue weighted by Gasteiger charge is -2.45. The lowest BCUT2D eigenvalue weighted by atomic mass is 9.59. The zero-order valence-electron chi connectivity index (χ0n) is 24.4. The minimum absolute atomic E-state index is 0.486. The quantitative estimate of drug-likeness (QED) is 0.263. The molecule has 0 aliphatic heterocycles. The van der Waals surface area contributed by atoms with Gasteiger partial charge in [-0.2, -0.15) is 0 Å². The summed E-state index contributed by atoms with van der Waals surface area (Å²) in [5.74, 6) is 1.59. The van der Waals surface area contributed by atoms with Gasteiger partial charge in [-0.15, -0.1) is 0 Å². The summed E-state index contributed by atoms with van der Waals surface area (Å²) in [5, 5.41) is 0. The highest BCUT2D eigenvalue weighted by atomic mass is 14.4. The van der Waals surface area contributed by atoms with Gasteiger partial charge < -0.3 is 0 Å². The molecule has 1 saturated carbocycles. The molecule has 3 atom stereocenters. The van der Waals surface area contributed by atoms with Gasteiger partial charge >= 0.3 is 0 Å². The van der Waals surface area contributed by atoms with Gasteiger partial charge in [-0.3, -0.25) is 0 Å². The molecule has 0 radical (unpaired) electrons. The van der Waals surface area contributed by atoms with E-state index in [9.17, 15) is 0 Å². The van der Waals surface area contributed by atoms with Gasteiger partial charge in [0.15, 0.2) is 0 Å². The highest BCUT2D eigenvalue weighted by Crippen LogP contribution is 2.53. The van der Waals surface area contributed by atoms with Crippen LogP contribution in [0.4, 0.5) is 0 Å². The van der Waals surface area contributed by atoms with Crippen molar-refractivity contribution in [3.05, 3.63) is 83.5 Å². The van der Waals surface area contributed by atoms with Gasteiger partial charge in [0.2, 0.25) is 0 Å². The third-order valence-electron chi connectivity index (χ3n) is 7.62. The summed E-state index contributed by atoms with van der Waals surface area (Å²) >= 11 is 0. The van der Waals surface area contributed by atoms with Crippen LogP contribution in [0.5, 0.6) is 0 Å². The molecule has 1 aliphatic carbocycles. The lowest BCUT2D eigenvalue weighted by molar-refractivity contribution is 0.0891. The number of allylic oxidation sites excluding steroid dienone is 6. The van der Waals surface area contributed by atoms with E-state index in [4.69, 9.17) is 0 Å². The Labute approximate surface area is 219 Å². The van der Waals surface area contributed by atoms with E-state index in [0.29, 0.717) is 5.41 Å². The Kier molecular flexibility index (Phi) is 15.0. The van der Waals surface area contributed by atoms with Gasteiger partial charge in [0.1, 0.15) is 0 Å². The summed E-state index contributed by atoms with van der Waals surface area (Å²) in [6, 6.07) is 11.3. The fraction of sp³-hybridized carbons (Fsp3) is 0.600. The Morgan fingerprint density at radius 1 is 0.971 bits per heavy atom. The van der Waals surface area contributed by atoms with Crippen molar-refractivity contribution in [2.24, 2.45) is 11.3 Å². The molecule has 0 bridgehead atoms. The fourth-order valence-electron chi connectivity index (χ4n) is 6.11. The van der Waals surface area contributed by atoms with E-state index >= 15 is 0 Å². The molecule has 1 aromatic carbocycles. The van der Waals surface area contributed by atoms with Crippen LogP contribution in [-0.4, -0.2) is 0 Å². The predicted octanol–water partition coefficient (Wildman–Crippen LogP) is 11.8. The monoisotopic (exact) mass is 476 g/mol. The van der Waals surface area contributed by atoms with Crippen molar-refractivity contribution in [3.63, 3.8) is 0 Å². The molecule has 0 aromatic heterocycles. The van der Waals surface area contributed by atoms with Crippen LogP contribution in [0.15, 0.2) is 77.9 Å². The molecule has 1 fully saturated rings. The Hall–Kier alpha value is -1.82. The van der Waals surface area contributed by atoms with Crippen molar-refractivity contribution >= 4 is 0 Å². The number of hydrogen-bond acceptors (Lipinski definition) is 0. The van der Waals surface area contributed by atoms with Crippen molar-refractivity contribution in [1.82, 2.24) is 0 Å². The second-order valence-electron chi connectivity index (χ2n) is 11.2. The molecule has 0 saturated heterocycles. The summed E-state index contributed by atoms with van der Waals surface area (Å²) in [6.07, 6.45) is 18.8. The van der Waals surface area contributed by atoms with E-state index in [0.717, 1.165) is 23.8 Å². The maximum absolute atomic E-state index is 4.47. The standard InChI is InChI=1S/C32H48.C3H8/c1-8-15-28-22-30(29-17-12-11-13-18-29)24-32(23-28,19-9-2)20-14-16-27(7)31(25(4)5)21-26(6)10-3;1-3-2/h10-13,17-18,21,28,30H,4,7-9,14-16,19-20,22-24H2,1-3,5-6H3;3H2,1-2H3/b26-10-,31-21+;.